The Bertz CT molecular complexity index is 1100. The number of nitrogens with one attached hydrogen (secondary N) is 1. The summed E-state index contributed by atoms with van der Waals surface area (Å²) in [6.45, 7) is 2.03. The zero-order valence-corrected chi connectivity index (χ0v) is 15.0. The fraction of sp³-hybridized carbons (Fsp3) is 0.0417. The number of carbonyl (C=O) groups is 1. The van der Waals surface area contributed by atoms with E-state index >= 15 is 0 Å². The average molecular weight is 353 g/mol. The van der Waals surface area contributed by atoms with E-state index in [2.05, 4.69) is 5.32 Å². The molecule has 0 fully saturated rings. The molecular weight excluding hydrogens is 334 g/mol. The third-order valence-corrected chi connectivity index (χ3v) is 4.40. The molecule has 0 saturated heterocycles. The van der Waals surface area contributed by atoms with Gasteiger partial charge < -0.3 is 10.1 Å². The van der Waals surface area contributed by atoms with Crippen molar-refractivity contribution in [2.24, 2.45) is 0 Å². The van der Waals surface area contributed by atoms with Crippen molar-refractivity contribution in [1.29, 1.82) is 0 Å². The molecule has 132 valence electrons. The van der Waals surface area contributed by atoms with Gasteiger partial charge in [-0.1, -0.05) is 60.2 Å². The summed E-state index contributed by atoms with van der Waals surface area (Å²) in [6.07, 6.45) is 0. The number of fused-ring (bicyclic) bond motifs is 1. The van der Waals surface area contributed by atoms with Gasteiger partial charge in [0.05, 0.1) is 5.69 Å². The number of benzene rings is 4. The van der Waals surface area contributed by atoms with Crippen LogP contribution in [0.2, 0.25) is 0 Å². The molecule has 0 aliphatic carbocycles. The second-order valence-electron chi connectivity index (χ2n) is 6.43. The van der Waals surface area contributed by atoms with Crippen LogP contribution in [0.15, 0.2) is 91.0 Å². The Morgan fingerprint density at radius 2 is 1.48 bits per heavy atom. The minimum absolute atomic E-state index is 0.166. The monoisotopic (exact) mass is 353 g/mol. The van der Waals surface area contributed by atoms with Crippen molar-refractivity contribution in [2.45, 2.75) is 6.92 Å². The topological polar surface area (TPSA) is 38.3 Å². The first-order valence-electron chi connectivity index (χ1n) is 8.83. The minimum atomic E-state index is -0.166. The van der Waals surface area contributed by atoms with Gasteiger partial charge in [-0.3, -0.25) is 4.79 Å². The van der Waals surface area contributed by atoms with Gasteiger partial charge in [0, 0.05) is 5.56 Å². The van der Waals surface area contributed by atoms with Gasteiger partial charge in [0.15, 0.2) is 5.75 Å². The Morgan fingerprint density at radius 3 is 2.30 bits per heavy atom. The van der Waals surface area contributed by atoms with Crippen molar-refractivity contribution >= 4 is 22.4 Å². The van der Waals surface area contributed by atoms with Gasteiger partial charge in [-0.2, -0.15) is 0 Å². The molecule has 1 amide bonds. The number of hydrogen-bond donors (Lipinski definition) is 1. The Balaban J connectivity index is 1.58. The number of hydrogen-bond acceptors (Lipinski definition) is 2. The number of rotatable bonds is 4. The lowest BCUT2D eigenvalue weighted by Gasteiger charge is -2.12. The van der Waals surface area contributed by atoms with Crippen LogP contribution in [-0.4, -0.2) is 5.91 Å². The van der Waals surface area contributed by atoms with Crippen LogP contribution in [0.25, 0.3) is 10.8 Å². The van der Waals surface area contributed by atoms with Crippen LogP contribution in [0, 0.1) is 6.92 Å². The average Bonchev–Trinajstić information content (AvgIpc) is 2.70. The summed E-state index contributed by atoms with van der Waals surface area (Å²) in [6, 6.07) is 28.9. The van der Waals surface area contributed by atoms with Crippen LogP contribution in [0.1, 0.15) is 15.9 Å². The quantitative estimate of drug-likeness (QED) is 0.475. The van der Waals surface area contributed by atoms with E-state index in [0.29, 0.717) is 17.0 Å². The Kier molecular flexibility index (Phi) is 4.58. The maximum atomic E-state index is 12.7. The summed E-state index contributed by atoms with van der Waals surface area (Å²) in [4.78, 5) is 12.7. The molecular formula is C24H19NO2. The molecule has 4 aromatic carbocycles. The first-order valence-corrected chi connectivity index (χ1v) is 8.83. The number of carbonyl (C=O) groups excluding carboxylic acids is 1. The largest absolute Gasteiger partial charge is 0.455 e. The number of aryl methyl sites for hydroxylation is 1. The van der Waals surface area contributed by atoms with Crippen LogP contribution in [0.3, 0.4) is 0 Å². The van der Waals surface area contributed by atoms with E-state index in [9.17, 15) is 4.79 Å². The molecule has 27 heavy (non-hydrogen) atoms. The molecule has 0 heterocycles. The summed E-state index contributed by atoms with van der Waals surface area (Å²) in [5.74, 6) is 1.17. The van der Waals surface area contributed by atoms with Crippen LogP contribution in [0.5, 0.6) is 11.5 Å². The number of ether oxygens (including phenoxy) is 1. The molecule has 0 atom stereocenters. The van der Waals surface area contributed by atoms with E-state index in [1.807, 2.05) is 97.9 Å². The first kappa shape index (κ1) is 16.9. The zero-order valence-electron chi connectivity index (χ0n) is 15.0. The maximum absolute atomic E-state index is 12.7. The number of amides is 1. The van der Waals surface area contributed by atoms with E-state index in [1.165, 1.54) is 5.56 Å². The zero-order chi connectivity index (χ0) is 18.6. The summed E-state index contributed by atoms with van der Waals surface area (Å²) in [5, 5.41) is 5.10. The molecule has 0 aliphatic heterocycles. The first-order chi connectivity index (χ1) is 13.2. The van der Waals surface area contributed by atoms with Crippen LogP contribution >= 0.6 is 0 Å². The fourth-order valence-electron chi connectivity index (χ4n) is 2.92. The van der Waals surface area contributed by atoms with Gasteiger partial charge in [0.25, 0.3) is 5.91 Å². The van der Waals surface area contributed by atoms with Crippen molar-refractivity contribution in [2.75, 3.05) is 5.32 Å². The van der Waals surface area contributed by atoms with E-state index in [1.54, 1.807) is 0 Å². The minimum Gasteiger partial charge on any atom is -0.455 e. The summed E-state index contributed by atoms with van der Waals surface area (Å²) >= 11 is 0. The fourth-order valence-corrected chi connectivity index (χ4v) is 2.92. The summed E-state index contributed by atoms with van der Waals surface area (Å²) in [5.41, 5.74) is 2.41. The third kappa shape index (κ3) is 3.82. The predicted octanol–water partition coefficient (Wildman–Crippen LogP) is 6.19. The lowest BCUT2D eigenvalue weighted by Crippen LogP contribution is -2.12. The highest BCUT2D eigenvalue weighted by atomic mass is 16.5. The van der Waals surface area contributed by atoms with Crippen molar-refractivity contribution in [3.05, 3.63) is 102 Å². The highest BCUT2D eigenvalue weighted by Gasteiger charge is 2.11. The van der Waals surface area contributed by atoms with Crippen molar-refractivity contribution in [3.8, 4) is 11.5 Å². The van der Waals surface area contributed by atoms with Gasteiger partial charge in [-0.15, -0.1) is 0 Å². The smallest absolute Gasteiger partial charge is 0.255 e. The molecule has 0 aliphatic rings. The predicted molar refractivity (Wildman–Crippen MR) is 110 cm³/mol. The molecule has 1 N–H and O–H groups in total. The molecule has 0 aromatic heterocycles. The van der Waals surface area contributed by atoms with E-state index in [0.717, 1.165) is 16.5 Å². The molecule has 0 bridgehead atoms. The summed E-state index contributed by atoms with van der Waals surface area (Å²) < 4.78 is 5.96. The summed E-state index contributed by atoms with van der Waals surface area (Å²) in [7, 11) is 0. The molecule has 0 radical (unpaired) electrons. The SMILES string of the molecule is Cc1ccc(Oc2ccccc2NC(=O)c2ccc3ccccc3c2)cc1. The lowest BCUT2D eigenvalue weighted by atomic mass is 10.1. The van der Waals surface area contributed by atoms with Crippen molar-refractivity contribution < 1.29 is 9.53 Å². The second-order valence-corrected chi connectivity index (χ2v) is 6.43. The number of anilines is 1. The molecule has 4 rings (SSSR count). The standard InChI is InChI=1S/C24H19NO2/c1-17-10-14-21(15-11-17)27-23-9-5-4-8-22(23)25-24(26)20-13-12-18-6-2-3-7-19(18)16-20/h2-16H,1H3,(H,25,26). The van der Waals surface area contributed by atoms with E-state index < -0.39 is 0 Å². The normalized spacial score (nSPS) is 10.6. The molecule has 3 nitrogen and oxygen atoms in total. The molecule has 0 spiro atoms. The molecule has 4 aromatic rings. The van der Waals surface area contributed by atoms with Crippen LogP contribution in [-0.2, 0) is 0 Å². The molecule has 3 heteroatoms. The van der Waals surface area contributed by atoms with Crippen molar-refractivity contribution in [3.63, 3.8) is 0 Å². The highest BCUT2D eigenvalue weighted by molar-refractivity contribution is 6.07. The maximum Gasteiger partial charge on any atom is 0.255 e. The third-order valence-electron chi connectivity index (χ3n) is 4.40. The lowest BCUT2D eigenvalue weighted by molar-refractivity contribution is 0.102. The molecule has 0 unspecified atom stereocenters. The Morgan fingerprint density at radius 1 is 0.778 bits per heavy atom. The highest BCUT2D eigenvalue weighted by Crippen LogP contribution is 2.30. The number of para-hydroxylation sites is 2. The van der Waals surface area contributed by atoms with Crippen LogP contribution in [0.4, 0.5) is 5.69 Å². The van der Waals surface area contributed by atoms with Gasteiger partial charge >= 0.3 is 0 Å². The molecule has 0 saturated carbocycles. The Hall–Kier alpha value is -3.59. The Labute approximate surface area is 158 Å². The van der Waals surface area contributed by atoms with Gasteiger partial charge in [0.2, 0.25) is 0 Å². The van der Waals surface area contributed by atoms with Crippen molar-refractivity contribution in [1.82, 2.24) is 0 Å². The van der Waals surface area contributed by atoms with Gasteiger partial charge in [-0.25, -0.2) is 0 Å². The van der Waals surface area contributed by atoms with E-state index in [4.69, 9.17) is 4.74 Å². The van der Waals surface area contributed by atoms with Gasteiger partial charge in [0.1, 0.15) is 5.75 Å². The van der Waals surface area contributed by atoms with E-state index in [-0.39, 0.29) is 5.91 Å². The van der Waals surface area contributed by atoms with Gasteiger partial charge in [-0.05, 0) is 54.1 Å². The van der Waals surface area contributed by atoms with Crippen LogP contribution < -0.4 is 10.1 Å². The second kappa shape index (κ2) is 7.34.